The van der Waals surface area contributed by atoms with Gasteiger partial charge in [-0.25, -0.2) is 4.98 Å². The van der Waals surface area contributed by atoms with Gasteiger partial charge in [0.25, 0.3) is 0 Å². The van der Waals surface area contributed by atoms with Gasteiger partial charge in [-0.1, -0.05) is 30.4 Å². The molecule has 5 nitrogen and oxygen atoms in total. The van der Waals surface area contributed by atoms with Gasteiger partial charge in [-0.3, -0.25) is 0 Å². The van der Waals surface area contributed by atoms with Crippen LogP contribution < -0.4 is 0 Å². The van der Waals surface area contributed by atoms with Crippen molar-refractivity contribution in [3.05, 3.63) is 22.0 Å². The second-order valence-electron chi connectivity index (χ2n) is 5.43. The molecule has 0 saturated heterocycles. The molecule has 0 aromatic carbocycles. The zero-order valence-corrected chi connectivity index (χ0v) is 13.3. The number of aromatic nitrogens is 4. The van der Waals surface area contributed by atoms with Crippen LogP contribution in [0.3, 0.4) is 0 Å². The summed E-state index contributed by atoms with van der Waals surface area (Å²) >= 11 is 1.70. The molecule has 0 atom stereocenters. The highest BCUT2D eigenvalue weighted by molar-refractivity contribution is 7.14. The summed E-state index contributed by atoms with van der Waals surface area (Å²) in [4.78, 5) is 6.13. The molecular weight excluding hydrogens is 282 g/mol. The molecule has 6 heteroatoms. The Kier molecular flexibility index (Phi) is 4.02. The summed E-state index contributed by atoms with van der Waals surface area (Å²) in [5, 5.41) is 18.4. The number of hydrogen-bond acceptors (Lipinski definition) is 5. The van der Waals surface area contributed by atoms with Gasteiger partial charge >= 0.3 is 0 Å². The van der Waals surface area contributed by atoms with Crippen molar-refractivity contribution in [1.82, 2.24) is 20.0 Å². The minimum Gasteiger partial charge on any atom is -0.223 e. The van der Waals surface area contributed by atoms with Crippen LogP contribution in [0.25, 0.3) is 5.13 Å². The van der Waals surface area contributed by atoms with Gasteiger partial charge in [-0.05, 0) is 38.5 Å². The van der Waals surface area contributed by atoms with Crippen molar-refractivity contribution in [2.75, 3.05) is 0 Å². The third kappa shape index (κ3) is 2.46. The highest BCUT2D eigenvalue weighted by Gasteiger charge is 2.24. The Morgan fingerprint density at radius 3 is 2.71 bits per heavy atom. The normalized spacial score (nSPS) is 14.2. The second-order valence-corrected chi connectivity index (χ2v) is 6.50. The summed E-state index contributed by atoms with van der Waals surface area (Å²) in [7, 11) is 0. The fourth-order valence-corrected chi connectivity index (χ4v) is 4.09. The molecule has 2 aromatic heterocycles. The van der Waals surface area contributed by atoms with Gasteiger partial charge in [-0.2, -0.15) is 9.94 Å². The summed E-state index contributed by atoms with van der Waals surface area (Å²) in [6, 6.07) is 2.18. The van der Waals surface area contributed by atoms with E-state index in [0.29, 0.717) is 11.6 Å². The average Bonchev–Trinajstić information content (AvgIpc) is 3.11. The summed E-state index contributed by atoms with van der Waals surface area (Å²) < 4.78 is 1.80. The molecular formula is C15H19N5S. The van der Waals surface area contributed by atoms with E-state index < -0.39 is 0 Å². The van der Waals surface area contributed by atoms with E-state index in [1.165, 1.54) is 23.4 Å². The van der Waals surface area contributed by atoms with Crippen LogP contribution in [0.4, 0.5) is 0 Å². The highest BCUT2D eigenvalue weighted by Crippen LogP contribution is 2.32. The molecule has 2 aromatic rings. The Balaban J connectivity index is 2.08. The second kappa shape index (κ2) is 5.94. The van der Waals surface area contributed by atoms with E-state index in [0.717, 1.165) is 36.5 Å². The number of fused-ring (bicyclic) bond motifs is 1. The number of nitrogens with zero attached hydrogens (tertiary/aromatic N) is 5. The van der Waals surface area contributed by atoms with E-state index in [1.54, 1.807) is 16.0 Å². The smallest absolute Gasteiger partial charge is 0.212 e. The van der Waals surface area contributed by atoms with Gasteiger partial charge < -0.3 is 0 Å². The highest BCUT2D eigenvalue weighted by atomic mass is 32.1. The van der Waals surface area contributed by atoms with Crippen molar-refractivity contribution >= 4 is 11.3 Å². The van der Waals surface area contributed by atoms with Crippen molar-refractivity contribution in [1.29, 1.82) is 5.26 Å². The fourth-order valence-electron chi connectivity index (χ4n) is 2.98. The fraction of sp³-hybridized carbons (Fsp3) is 0.600. The monoisotopic (exact) mass is 301 g/mol. The zero-order chi connectivity index (χ0) is 14.8. The number of aryl methyl sites for hydroxylation is 2. The van der Waals surface area contributed by atoms with Gasteiger partial charge in [0, 0.05) is 10.8 Å². The van der Waals surface area contributed by atoms with Gasteiger partial charge in [-0.15, -0.1) is 5.10 Å². The molecule has 0 fully saturated rings. The van der Waals surface area contributed by atoms with Crippen LogP contribution in [-0.4, -0.2) is 20.0 Å². The largest absolute Gasteiger partial charge is 0.223 e. The number of hydrogen-bond donors (Lipinski definition) is 0. The first kappa shape index (κ1) is 14.2. The van der Waals surface area contributed by atoms with E-state index in [2.05, 4.69) is 30.2 Å². The van der Waals surface area contributed by atoms with Gasteiger partial charge in [0.15, 0.2) is 5.69 Å². The molecule has 1 aliphatic carbocycles. The molecule has 0 N–H and O–H groups in total. The van der Waals surface area contributed by atoms with Crippen molar-refractivity contribution in [2.24, 2.45) is 0 Å². The lowest BCUT2D eigenvalue weighted by atomic mass is 9.98. The first-order valence-corrected chi connectivity index (χ1v) is 8.44. The zero-order valence-electron chi connectivity index (χ0n) is 12.5. The maximum absolute atomic E-state index is 9.30. The summed E-state index contributed by atoms with van der Waals surface area (Å²) in [6.45, 7) is 4.28. The average molecular weight is 301 g/mol. The van der Waals surface area contributed by atoms with Crippen LogP contribution in [0.2, 0.25) is 0 Å². The molecule has 0 bridgehead atoms. The Labute approximate surface area is 128 Å². The van der Waals surface area contributed by atoms with E-state index in [-0.39, 0.29) is 0 Å². The Hall–Kier alpha value is -1.74. The van der Waals surface area contributed by atoms with E-state index >= 15 is 0 Å². The summed E-state index contributed by atoms with van der Waals surface area (Å²) in [5.41, 5.74) is 2.58. The lowest BCUT2D eigenvalue weighted by Crippen LogP contribution is -2.08. The standard InChI is InChI=1S/C15H19N5S/c1-3-10(4-2)14-12(9-16)18-19-20(14)15-17-11-7-5-6-8-13(11)21-15/h10H,3-8H2,1-2H3. The summed E-state index contributed by atoms with van der Waals surface area (Å²) in [5.74, 6) is 0.301. The minimum atomic E-state index is 0.301. The van der Waals surface area contributed by atoms with Crippen molar-refractivity contribution in [3.8, 4) is 11.2 Å². The van der Waals surface area contributed by atoms with Gasteiger partial charge in [0.05, 0.1) is 11.4 Å². The summed E-state index contributed by atoms with van der Waals surface area (Å²) in [6.07, 6.45) is 6.59. The predicted octanol–water partition coefficient (Wildman–Crippen LogP) is 3.38. The van der Waals surface area contributed by atoms with Crippen LogP contribution in [-0.2, 0) is 12.8 Å². The van der Waals surface area contributed by atoms with Crippen LogP contribution in [0, 0.1) is 11.3 Å². The molecule has 110 valence electrons. The van der Waals surface area contributed by atoms with Crippen LogP contribution in [0.5, 0.6) is 0 Å². The maximum Gasteiger partial charge on any atom is 0.212 e. The topological polar surface area (TPSA) is 67.4 Å². The molecule has 21 heavy (non-hydrogen) atoms. The van der Waals surface area contributed by atoms with Crippen LogP contribution >= 0.6 is 11.3 Å². The Morgan fingerprint density at radius 1 is 1.29 bits per heavy atom. The number of rotatable bonds is 4. The van der Waals surface area contributed by atoms with E-state index in [1.807, 2.05) is 0 Å². The molecule has 1 aliphatic rings. The molecule has 0 saturated carbocycles. The van der Waals surface area contributed by atoms with Gasteiger partial charge in [0.1, 0.15) is 6.07 Å². The van der Waals surface area contributed by atoms with Gasteiger partial charge in [0.2, 0.25) is 5.13 Å². The Morgan fingerprint density at radius 2 is 2.05 bits per heavy atom. The predicted molar refractivity (Wildman–Crippen MR) is 81.7 cm³/mol. The van der Waals surface area contributed by atoms with Crippen LogP contribution in [0.15, 0.2) is 0 Å². The third-order valence-electron chi connectivity index (χ3n) is 4.20. The first-order chi connectivity index (χ1) is 10.3. The van der Waals surface area contributed by atoms with Crippen molar-refractivity contribution in [3.63, 3.8) is 0 Å². The quantitative estimate of drug-likeness (QED) is 0.868. The van der Waals surface area contributed by atoms with Crippen molar-refractivity contribution < 1.29 is 0 Å². The maximum atomic E-state index is 9.30. The number of nitriles is 1. The molecule has 0 radical (unpaired) electrons. The van der Waals surface area contributed by atoms with Crippen LogP contribution in [0.1, 0.15) is 67.4 Å². The molecule has 3 rings (SSSR count). The lowest BCUT2D eigenvalue weighted by Gasteiger charge is -2.12. The van der Waals surface area contributed by atoms with E-state index in [4.69, 9.17) is 4.98 Å². The SMILES string of the molecule is CCC(CC)c1c(C#N)nnn1-c1nc2c(s1)CCCC2. The minimum absolute atomic E-state index is 0.301. The first-order valence-electron chi connectivity index (χ1n) is 7.63. The molecule has 2 heterocycles. The molecule has 0 aliphatic heterocycles. The molecule has 0 amide bonds. The van der Waals surface area contributed by atoms with E-state index in [9.17, 15) is 5.26 Å². The number of thiazole rings is 1. The third-order valence-corrected chi connectivity index (χ3v) is 5.33. The van der Waals surface area contributed by atoms with Crippen molar-refractivity contribution in [2.45, 2.75) is 58.3 Å². The molecule has 0 unspecified atom stereocenters. The lowest BCUT2D eigenvalue weighted by molar-refractivity contribution is 0.592. The Bertz CT molecular complexity index is 651. The molecule has 0 spiro atoms.